The van der Waals surface area contributed by atoms with Gasteiger partial charge in [-0.3, -0.25) is 9.78 Å². The van der Waals surface area contributed by atoms with Crippen molar-refractivity contribution in [1.29, 1.82) is 0 Å². The predicted octanol–water partition coefficient (Wildman–Crippen LogP) is 4.28. The number of rotatable bonds is 5. The summed E-state index contributed by atoms with van der Waals surface area (Å²) in [5.74, 6) is 2.41. The van der Waals surface area contributed by atoms with E-state index in [1.165, 1.54) is 32.1 Å². The third kappa shape index (κ3) is 4.29. The molecule has 4 rings (SSSR count). The first-order valence-corrected chi connectivity index (χ1v) is 11.0. The number of unbranched alkanes of at least 4 members (excludes halogenated alkanes) is 1. The number of benzene rings is 1. The zero-order valence-electron chi connectivity index (χ0n) is 17.0. The second kappa shape index (κ2) is 8.89. The van der Waals surface area contributed by atoms with Crippen molar-refractivity contribution in [2.24, 2.45) is 11.8 Å². The molecule has 1 aliphatic heterocycles. The van der Waals surface area contributed by atoms with E-state index in [1.54, 1.807) is 0 Å². The van der Waals surface area contributed by atoms with Crippen molar-refractivity contribution < 1.29 is 4.79 Å². The summed E-state index contributed by atoms with van der Waals surface area (Å²) >= 11 is 0. The van der Waals surface area contributed by atoms with Crippen molar-refractivity contribution in [2.45, 2.75) is 51.9 Å². The molecule has 28 heavy (non-hydrogen) atoms. The third-order valence-corrected chi connectivity index (χ3v) is 6.51. The second-order valence-electron chi connectivity index (χ2n) is 8.39. The minimum atomic E-state index is 0.255. The molecule has 0 radical (unpaired) electrons. The van der Waals surface area contributed by atoms with E-state index < -0.39 is 0 Å². The highest BCUT2D eigenvalue weighted by Gasteiger charge is 2.31. The molecular formula is C23H32N4O. The molecule has 2 fully saturated rings. The summed E-state index contributed by atoms with van der Waals surface area (Å²) in [6.07, 6.45) is 10.5. The average molecular weight is 381 g/mol. The Labute approximate surface area is 168 Å². The lowest BCUT2D eigenvalue weighted by atomic mass is 9.79. The van der Waals surface area contributed by atoms with Crippen molar-refractivity contribution >= 4 is 22.8 Å². The quantitative estimate of drug-likeness (QED) is 0.777. The van der Waals surface area contributed by atoms with Crippen LogP contribution in [0.3, 0.4) is 0 Å². The molecule has 0 atom stereocenters. The standard InChI is InChI=1S/C23H32N4O/c1-2-3-6-18-9-11-19(12-10-18)23(28)27-15-13-26(14-16-27)22-17-24-20-7-4-5-8-21(20)25-22/h4-5,7-8,17-19H,2-3,6,9-16H2,1H3. The number of fused-ring (bicyclic) bond motifs is 1. The van der Waals surface area contributed by atoms with Crippen LogP contribution in [0.1, 0.15) is 51.9 Å². The molecule has 5 nitrogen and oxygen atoms in total. The molecule has 5 heteroatoms. The minimum absolute atomic E-state index is 0.255. The topological polar surface area (TPSA) is 49.3 Å². The number of hydrogen-bond acceptors (Lipinski definition) is 4. The van der Waals surface area contributed by atoms with Crippen molar-refractivity contribution in [3.05, 3.63) is 30.5 Å². The molecule has 1 amide bonds. The van der Waals surface area contributed by atoms with Crippen LogP contribution in [-0.4, -0.2) is 47.0 Å². The van der Waals surface area contributed by atoms with Crippen LogP contribution < -0.4 is 4.90 Å². The van der Waals surface area contributed by atoms with Gasteiger partial charge in [-0.1, -0.05) is 38.3 Å². The van der Waals surface area contributed by atoms with Gasteiger partial charge in [-0.25, -0.2) is 4.98 Å². The minimum Gasteiger partial charge on any atom is -0.352 e. The van der Waals surface area contributed by atoms with Gasteiger partial charge in [-0.2, -0.15) is 0 Å². The molecule has 0 spiro atoms. The van der Waals surface area contributed by atoms with E-state index >= 15 is 0 Å². The molecule has 2 aromatic rings. The zero-order chi connectivity index (χ0) is 19.3. The van der Waals surface area contributed by atoms with E-state index in [9.17, 15) is 4.79 Å². The summed E-state index contributed by atoms with van der Waals surface area (Å²) in [4.78, 5) is 26.6. The maximum absolute atomic E-state index is 13.0. The number of anilines is 1. The molecule has 1 saturated carbocycles. The lowest BCUT2D eigenvalue weighted by Gasteiger charge is -2.38. The van der Waals surface area contributed by atoms with Crippen molar-refractivity contribution in [3.8, 4) is 0 Å². The molecule has 2 aliphatic rings. The Balaban J connectivity index is 1.29. The normalized spacial score (nSPS) is 23.2. The maximum Gasteiger partial charge on any atom is 0.225 e. The van der Waals surface area contributed by atoms with E-state index in [0.717, 1.165) is 61.8 Å². The van der Waals surface area contributed by atoms with Gasteiger partial charge < -0.3 is 9.80 Å². The number of amides is 1. The van der Waals surface area contributed by atoms with E-state index in [1.807, 2.05) is 30.5 Å². The first kappa shape index (κ1) is 19.2. The summed E-state index contributed by atoms with van der Waals surface area (Å²) in [5, 5.41) is 0. The van der Waals surface area contributed by atoms with Gasteiger partial charge in [0.1, 0.15) is 5.82 Å². The van der Waals surface area contributed by atoms with Crippen LogP contribution in [0.2, 0.25) is 0 Å². The highest BCUT2D eigenvalue weighted by molar-refractivity contribution is 5.79. The third-order valence-electron chi connectivity index (χ3n) is 6.51. The number of para-hydroxylation sites is 2. The molecule has 1 aromatic heterocycles. The molecule has 1 aromatic carbocycles. The number of carbonyl (C=O) groups excluding carboxylic acids is 1. The Hall–Kier alpha value is -2.17. The van der Waals surface area contributed by atoms with E-state index in [4.69, 9.17) is 4.98 Å². The van der Waals surface area contributed by atoms with Gasteiger partial charge in [0, 0.05) is 32.1 Å². The Kier molecular flexibility index (Phi) is 6.08. The molecule has 150 valence electrons. The summed E-state index contributed by atoms with van der Waals surface area (Å²) in [5.41, 5.74) is 1.85. The average Bonchev–Trinajstić information content (AvgIpc) is 2.77. The van der Waals surface area contributed by atoms with Gasteiger partial charge in [0.2, 0.25) is 5.91 Å². The van der Waals surface area contributed by atoms with Crippen LogP contribution in [0.5, 0.6) is 0 Å². The summed E-state index contributed by atoms with van der Waals surface area (Å²) in [6.45, 7) is 5.53. The summed E-state index contributed by atoms with van der Waals surface area (Å²) in [7, 11) is 0. The van der Waals surface area contributed by atoms with Crippen LogP contribution in [-0.2, 0) is 4.79 Å². The van der Waals surface area contributed by atoms with E-state index in [0.29, 0.717) is 5.91 Å². The van der Waals surface area contributed by atoms with E-state index in [2.05, 4.69) is 21.7 Å². The van der Waals surface area contributed by atoms with Crippen LogP contribution in [0.15, 0.2) is 30.5 Å². The Bertz CT molecular complexity index is 792. The van der Waals surface area contributed by atoms with Gasteiger partial charge in [0.25, 0.3) is 0 Å². The van der Waals surface area contributed by atoms with Gasteiger partial charge in [0.15, 0.2) is 0 Å². The Morgan fingerprint density at radius 1 is 1.04 bits per heavy atom. The largest absolute Gasteiger partial charge is 0.352 e. The lowest BCUT2D eigenvalue weighted by molar-refractivity contribution is -0.137. The lowest BCUT2D eigenvalue weighted by Crippen LogP contribution is -2.51. The SMILES string of the molecule is CCCCC1CCC(C(=O)N2CCN(c3cnc4ccccc4n3)CC2)CC1. The number of carbonyl (C=O) groups is 1. The van der Waals surface area contributed by atoms with Crippen LogP contribution >= 0.6 is 0 Å². The van der Waals surface area contributed by atoms with Crippen LogP contribution in [0.25, 0.3) is 11.0 Å². The Morgan fingerprint density at radius 2 is 1.75 bits per heavy atom. The maximum atomic E-state index is 13.0. The number of hydrogen-bond donors (Lipinski definition) is 0. The highest BCUT2D eigenvalue weighted by Crippen LogP contribution is 2.33. The monoisotopic (exact) mass is 380 g/mol. The molecule has 1 aliphatic carbocycles. The van der Waals surface area contributed by atoms with E-state index in [-0.39, 0.29) is 5.92 Å². The fraction of sp³-hybridized carbons (Fsp3) is 0.609. The van der Waals surface area contributed by atoms with Crippen molar-refractivity contribution in [2.75, 3.05) is 31.1 Å². The molecular weight excluding hydrogens is 348 g/mol. The van der Waals surface area contributed by atoms with Gasteiger partial charge in [-0.15, -0.1) is 0 Å². The molecule has 0 N–H and O–H groups in total. The zero-order valence-corrected chi connectivity index (χ0v) is 17.0. The van der Waals surface area contributed by atoms with Crippen molar-refractivity contribution in [1.82, 2.24) is 14.9 Å². The van der Waals surface area contributed by atoms with Crippen LogP contribution in [0.4, 0.5) is 5.82 Å². The van der Waals surface area contributed by atoms with Crippen LogP contribution in [0, 0.1) is 11.8 Å². The van der Waals surface area contributed by atoms with Crippen molar-refractivity contribution in [3.63, 3.8) is 0 Å². The predicted molar refractivity (Wildman–Crippen MR) is 113 cm³/mol. The fourth-order valence-electron chi connectivity index (χ4n) is 4.70. The summed E-state index contributed by atoms with van der Waals surface area (Å²) in [6, 6.07) is 7.97. The second-order valence-corrected chi connectivity index (χ2v) is 8.39. The van der Waals surface area contributed by atoms with Gasteiger partial charge in [-0.05, 0) is 43.7 Å². The number of piperazine rings is 1. The van der Waals surface area contributed by atoms with Gasteiger partial charge >= 0.3 is 0 Å². The fourth-order valence-corrected chi connectivity index (χ4v) is 4.70. The number of aromatic nitrogens is 2. The molecule has 0 unspecified atom stereocenters. The highest BCUT2D eigenvalue weighted by atomic mass is 16.2. The van der Waals surface area contributed by atoms with Gasteiger partial charge in [0.05, 0.1) is 17.2 Å². The smallest absolute Gasteiger partial charge is 0.225 e. The molecule has 0 bridgehead atoms. The molecule has 2 heterocycles. The number of nitrogens with zero attached hydrogens (tertiary/aromatic N) is 4. The summed E-state index contributed by atoms with van der Waals surface area (Å²) < 4.78 is 0. The first-order valence-electron chi connectivity index (χ1n) is 11.0. The first-order chi connectivity index (χ1) is 13.7. The molecule has 1 saturated heterocycles. The Morgan fingerprint density at radius 3 is 2.46 bits per heavy atom.